The van der Waals surface area contributed by atoms with E-state index in [9.17, 15) is 9.59 Å². The Kier molecular flexibility index (Phi) is 5.38. The molecule has 31 heavy (non-hydrogen) atoms. The predicted octanol–water partition coefficient (Wildman–Crippen LogP) is 4.98. The fourth-order valence-corrected chi connectivity index (χ4v) is 6.01. The van der Waals surface area contributed by atoms with Gasteiger partial charge in [0.2, 0.25) is 5.91 Å². The van der Waals surface area contributed by atoms with Crippen LogP contribution in [0.25, 0.3) is 15.9 Å². The number of para-hydroxylation sites is 1. The minimum Gasteiger partial charge on any atom is -0.325 e. The van der Waals surface area contributed by atoms with Crippen LogP contribution >= 0.6 is 23.1 Å². The zero-order valence-electron chi connectivity index (χ0n) is 17.1. The zero-order valence-corrected chi connectivity index (χ0v) is 18.7. The van der Waals surface area contributed by atoms with Gasteiger partial charge in [-0.3, -0.25) is 14.2 Å². The second-order valence-electron chi connectivity index (χ2n) is 7.61. The Balaban J connectivity index is 1.53. The first-order valence-electron chi connectivity index (χ1n) is 10.2. The molecule has 0 aliphatic heterocycles. The summed E-state index contributed by atoms with van der Waals surface area (Å²) in [5.41, 5.74) is 3.77. The lowest BCUT2D eigenvalue weighted by atomic mass is 10.2. The molecule has 0 unspecified atom stereocenters. The minimum absolute atomic E-state index is 0.0424. The standard InChI is InChI=1S/C24H21N3O2S2/c1-15-10-12-17(13-11-15)27-23(29)21-18-8-5-9-19(18)31-22(21)26-24(27)30-14-20(28)25-16-6-3-2-4-7-16/h2-4,6-7,10-13H,5,8-9,14H2,1H3,(H,25,28). The number of aromatic nitrogens is 2. The topological polar surface area (TPSA) is 64.0 Å². The summed E-state index contributed by atoms with van der Waals surface area (Å²) in [6.45, 7) is 2.02. The molecule has 4 aromatic rings. The summed E-state index contributed by atoms with van der Waals surface area (Å²) in [5, 5.41) is 4.18. The maximum Gasteiger partial charge on any atom is 0.267 e. The molecule has 1 aliphatic rings. The van der Waals surface area contributed by atoms with Crippen LogP contribution in [-0.4, -0.2) is 21.2 Å². The number of benzene rings is 2. The highest BCUT2D eigenvalue weighted by Crippen LogP contribution is 2.36. The summed E-state index contributed by atoms with van der Waals surface area (Å²) in [6.07, 6.45) is 3.05. The second kappa shape index (κ2) is 8.32. The van der Waals surface area contributed by atoms with Gasteiger partial charge in [-0.2, -0.15) is 0 Å². The van der Waals surface area contributed by atoms with Crippen LogP contribution in [0.2, 0.25) is 0 Å². The van der Waals surface area contributed by atoms with Crippen molar-refractivity contribution in [2.24, 2.45) is 0 Å². The quantitative estimate of drug-likeness (QED) is 0.346. The normalized spacial score (nSPS) is 12.8. The maximum absolute atomic E-state index is 13.6. The molecule has 0 fully saturated rings. The Morgan fingerprint density at radius 3 is 2.68 bits per heavy atom. The van der Waals surface area contributed by atoms with Gasteiger partial charge in [0.15, 0.2) is 5.16 Å². The molecule has 7 heteroatoms. The van der Waals surface area contributed by atoms with E-state index in [4.69, 9.17) is 4.98 Å². The van der Waals surface area contributed by atoms with Gasteiger partial charge in [0.25, 0.3) is 5.56 Å². The van der Waals surface area contributed by atoms with Crippen LogP contribution in [0, 0.1) is 6.92 Å². The molecule has 0 saturated heterocycles. The molecule has 2 aromatic carbocycles. The highest BCUT2D eigenvalue weighted by molar-refractivity contribution is 7.99. The number of carbonyl (C=O) groups excluding carboxylic acids is 1. The van der Waals surface area contributed by atoms with Crippen LogP contribution in [0.15, 0.2) is 64.5 Å². The molecule has 2 heterocycles. The van der Waals surface area contributed by atoms with Gasteiger partial charge in [-0.15, -0.1) is 11.3 Å². The van der Waals surface area contributed by atoms with Gasteiger partial charge in [0, 0.05) is 10.6 Å². The number of rotatable bonds is 5. The van der Waals surface area contributed by atoms with Crippen LogP contribution in [0.3, 0.4) is 0 Å². The average molecular weight is 448 g/mol. The fourth-order valence-electron chi connectivity index (χ4n) is 3.89. The highest BCUT2D eigenvalue weighted by atomic mass is 32.2. The van der Waals surface area contributed by atoms with Gasteiger partial charge < -0.3 is 5.32 Å². The van der Waals surface area contributed by atoms with Crippen molar-refractivity contribution in [2.75, 3.05) is 11.1 Å². The lowest BCUT2D eigenvalue weighted by molar-refractivity contribution is -0.113. The van der Waals surface area contributed by atoms with Gasteiger partial charge in [0.05, 0.1) is 16.8 Å². The molecule has 0 saturated carbocycles. The number of hydrogen-bond donors (Lipinski definition) is 1. The number of nitrogens with zero attached hydrogens (tertiary/aromatic N) is 2. The van der Waals surface area contributed by atoms with Crippen LogP contribution in [0.4, 0.5) is 5.69 Å². The third-order valence-electron chi connectivity index (χ3n) is 5.39. The SMILES string of the molecule is Cc1ccc(-n2c(SCC(=O)Nc3ccccc3)nc3sc4c(c3c2=O)CCC4)cc1. The molecule has 5 rings (SSSR count). The third kappa shape index (κ3) is 3.91. The first kappa shape index (κ1) is 20.0. The van der Waals surface area contributed by atoms with Gasteiger partial charge in [-0.1, -0.05) is 47.7 Å². The average Bonchev–Trinajstić information content (AvgIpc) is 3.35. The highest BCUT2D eigenvalue weighted by Gasteiger charge is 2.24. The van der Waals surface area contributed by atoms with E-state index in [0.29, 0.717) is 5.16 Å². The summed E-state index contributed by atoms with van der Waals surface area (Å²) in [6, 6.07) is 17.2. The van der Waals surface area contributed by atoms with Gasteiger partial charge in [0.1, 0.15) is 4.83 Å². The first-order valence-corrected chi connectivity index (χ1v) is 12.0. The van der Waals surface area contributed by atoms with E-state index in [1.165, 1.54) is 16.6 Å². The van der Waals surface area contributed by atoms with Crippen molar-refractivity contribution in [3.05, 3.63) is 81.0 Å². The van der Waals surface area contributed by atoms with Crippen molar-refractivity contribution in [1.82, 2.24) is 9.55 Å². The number of carbonyl (C=O) groups is 1. The number of amides is 1. The number of anilines is 1. The molecular formula is C24H21N3O2S2. The van der Waals surface area contributed by atoms with Gasteiger partial charge in [-0.25, -0.2) is 4.98 Å². The van der Waals surface area contributed by atoms with E-state index in [1.807, 2.05) is 61.5 Å². The second-order valence-corrected chi connectivity index (χ2v) is 9.64. The largest absolute Gasteiger partial charge is 0.325 e. The predicted molar refractivity (Wildman–Crippen MR) is 128 cm³/mol. The van der Waals surface area contributed by atoms with E-state index >= 15 is 0 Å². The summed E-state index contributed by atoms with van der Waals surface area (Å²) in [5.74, 6) is 0.0405. The molecule has 0 radical (unpaired) electrons. The van der Waals surface area contributed by atoms with Crippen molar-refractivity contribution < 1.29 is 4.79 Å². The lowest BCUT2D eigenvalue weighted by Gasteiger charge is -2.13. The van der Waals surface area contributed by atoms with E-state index in [2.05, 4.69) is 5.32 Å². The van der Waals surface area contributed by atoms with Crippen LogP contribution in [0.1, 0.15) is 22.4 Å². The monoisotopic (exact) mass is 447 g/mol. The minimum atomic E-state index is -0.130. The van der Waals surface area contributed by atoms with Crippen molar-refractivity contribution >= 4 is 44.9 Å². The van der Waals surface area contributed by atoms with Crippen LogP contribution < -0.4 is 10.9 Å². The molecule has 156 valence electrons. The molecular weight excluding hydrogens is 426 g/mol. The van der Waals surface area contributed by atoms with Crippen LogP contribution in [-0.2, 0) is 17.6 Å². The number of aryl methyl sites for hydroxylation is 3. The number of nitrogens with one attached hydrogen (secondary N) is 1. The smallest absolute Gasteiger partial charge is 0.267 e. The van der Waals surface area contributed by atoms with Crippen molar-refractivity contribution in [3.8, 4) is 5.69 Å². The molecule has 2 aromatic heterocycles. The Hall–Kier alpha value is -2.90. The first-order chi connectivity index (χ1) is 15.1. The molecule has 0 spiro atoms. The van der Waals surface area contributed by atoms with Crippen molar-refractivity contribution in [3.63, 3.8) is 0 Å². The van der Waals surface area contributed by atoms with Crippen LogP contribution in [0.5, 0.6) is 0 Å². The molecule has 0 atom stereocenters. The zero-order chi connectivity index (χ0) is 21.4. The summed E-state index contributed by atoms with van der Waals surface area (Å²) in [7, 11) is 0. The maximum atomic E-state index is 13.6. The van der Waals surface area contributed by atoms with E-state index in [-0.39, 0.29) is 17.2 Å². The van der Waals surface area contributed by atoms with Crippen molar-refractivity contribution in [1.29, 1.82) is 0 Å². The molecule has 0 bridgehead atoms. The third-order valence-corrected chi connectivity index (χ3v) is 7.51. The van der Waals surface area contributed by atoms with E-state index in [0.717, 1.165) is 52.0 Å². The number of fused-ring (bicyclic) bond motifs is 3. The molecule has 1 N–H and O–H groups in total. The lowest BCUT2D eigenvalue weighted by Crippen LogP contribution is -2.23. The summed E-state index contributed by atoms with van der Waals surface area (Å²) < 4.78 is 1.66. The summed E-state index contributed by atoms with van der Waals surface area (Å²) >= 11 is 2.91. The van der Waals surface area contributed by atoms with E-state index < -0.39 is 0 Å². The fraction of sp³-hybridized carbons (Fsp3) is 0.208. The molecule has 1 aliphatic carbocycles. The van der Waals surface area contributed by atoms with E-state index in [1.54, 1.807) is 15.9 Å². The Labute approximate surface area is 188 Å². The number of thiophene rings is 1. The Morgan fingerprint density at radius 1 is 1.13 bits per heavy atom. The Bertz CT molecular complexity index is 1330. The van der Waals surface area contributed by atoms with Crippen molar-refractivity contribution in [2.45, 2.75) is 31.3 Å². The number of hydrogen-bond acceptors (Lipinski definition) is 5. The number of thioether (sulfide) groups is 1. The molecule has 5 nitrogen and oxygen atoms in total. The molecule has 1 amide bonds. The van der Waals surface area contributed by atoms with Gasteiger partial charge >= 0.3 is 0 Å². The summed E-state index contributed by atoms with van der Waals surface area (Å²) in [4.78, 5) is 33.0. The van der Waals surface area contributed by atoms with Gasteiger partial charge in [-0.05, 0) is 56.0 Å². The Morgan fingerprint density at radius 2 is 1.90 bits per heavy atom.